The number of sulfonamides is 1. The lowest BCUT2D eigenvalue weighted by Gasteiger charge is -2.34. The normalized spacial score (nSPS) is 14.7. The Balaban J connectivity index is 1.31. The van der Waals surface area contributed by atoms with Gasteiger partial charge < -0.3 is 14.4 Å². The van der Waals surface area contributed by atoms with Crippen LogP contribution in [0, 0.1) is 0 Å². The van der Waals surface area contributed by atoms with Gasteiger partial charge in [0, 0.05) is 37.8 Å². The molecule has 9 heteroatoms. The van der Waals surface area contributed by atoms with E-state index in [-0.39, 0.29) is 10.6 Å². The van der Waals surface area contributed by atoms with Gasteiger partial charge in [0.05, 0.1) is 19.9 Å². The Morgan fingerprint density at radius 2 is 1.57 bits per heavy atom. The fraction of sp³-hybridized carbons (Fsp3) is 0.231. The third kappa shape index (κ3) is 4.40. The van der Waals surface area contributed by atoms with E-state index >= 15 is 0 Å². The maximum atomic E-state index is 13.3. The van der Waals surface area contributed by atoms with E-state index in [2.05, 4.69) is 33.3 Å². The first-order chi connectivity index (χ1) is 17.0. The van der Waals surface area contributed by atoms with E-state index in [1.54, 1.807) is 12.1 Å². The maximum Gasteiger partial charge on any atom is 0.246 e. The Kier molecular flexibility index (Phi) is 6.27. The summed E-state index contributed by atoms with van der Waals surface area (Å²) in [6, 6.07) is 23.0. The van der Waals surface area contributed by atoms with Crippen molar-refractivity contribution in [2.75, 3.05) is 45.3 Å². The molecule has 1 aliphatic heterocycles. The van der Waals surface area contributed by atoms with Crippen LogP contribution in [0.25, 0.3) is 22.0 Å². The Bertz CT molecular complexity index is 1440. The monoisotopic (exact) mass is 490 g/mol. The summed E-state index contributed by atoms with van der Waals surface area (Å²) in [5, 5.41) is 11.2. The second kappa shape index (κ2) is 9.52. The summed E-state index contributed by atoms with van der Waals surface area (Å²) >= 11 is 0. The van der Waals surface area contributed by atoms with Crippen molar-refractivity contribution in [3.8, 4) is 22.8 Å². The van der Waals surface area contributed by atoms with Gasteiger partial charge in [-0.05, 0) is 35.0 Å². The molecule has 0 saturated carbocycles. The highest BCUT2D eigenvalue weighted by molar-refractivity contribution is 7.89. The molecule has 0 radical (unpaired) electrons. The molecule has 0 aliphatic carbocycles. The first-order valence-corrected chi connectivity index (χ1v) is 12.7. The minimum Gasteiger partial charge on any atom is -0.497 e. The van der Waals surface area contributed by atoms with Crippen LogP contribution in [-0.2, 0) is 10.0 Å². The fourth-order valence-electron chi connectivity index (χ4n) is 4.37. The lowest BCUT2D eigenvalue weighted by Crippen LogP contribution is -2.49. The number of hydrogen-bond acceptors (Lipinski definition) is 7. The largest absolute Gasteiger partial charge is 0.497 e. The average Bonchev–Trinajstić information content (AvgIpc) is 2.92. The van der Waals surface area contributed by atoms with Crippen LogP contribution in [0.1, 0.15) is 0 Å². The molecule has 0 unspecified atom stereocenters. The lowest BCUT2D eigenvalue weighted by molar-refractivity contribution is 0.369. The quantitative estimate of drug-likeness (QED) is 0.406. The Labute approximate surface area is 204 Å². The molecule has 3 aromatic carbocycles. The van der Waals surface area contributed by atoms with E-state index in [0.717, 1.165) is 27.8 Å². The van der Waals surface area contributed by atoms with Gasteiger partial charge in [0.25, 0.3) is 0 Å². The zero-order valence-corrected chi connectivity index (χ0v) is 20.4. The number of aromatic nitrogens is 2. The van der Waals surface area contributed by atoms with Gasteiger partial charge in [0.1, 0.15) is 16.4 Å². The predicted octanol–water partition coefficient (Wildman–Crippen LogP) is 3.82. The van der Waals surface area contributed by atoms with Crippen LogP contribution in [0.2, 0.25) is 0 Å². The van der Waals surface area contributed by atoms with Crippen molar-refractivity contribution in [1.82, 2.24) is 14.5 Å². The second-order valence-electron chi connectivity index (χ2n) is 8.21. The van der Waals surface area contributed by atoms with Crippen molar-refractivity contribution >= 4 is 26.6 Å². The Hall–Kier alpha value is -3.69. The molecule has 8 nitrogen and oxygen atoms in total. The number of anilines is 1. The van der Waals surface area contributed by atoms with E-state index < -0.39 is 10.0 Å². The molecule has 5 rings (SSSR count). The van der Waals surface area contributed by atoms with Crippen LogP contribution < -0.4 is 14.4 Å². The first-order valence-electron chi connectivity index (χ1n) is 11.3. The average molecular weight is 491 g/mol. The summed E-state index contributed by atoms with van der Waals surface area (Å²) in [7, 11) is -0.731. The molecule has 0 bridgehead atoms. The van der Waals surface area contributed by atoms with Crippen molar-refractivity contribution in [3.05, 3.63) is 72.8 Å². The first kappa shape index (κ1) is 23.1. The number of rotatable bonds is 6. The molecule has 35 heavy (non-hydrogen) atoms. The molecular formula is C26H26N4O4S. The van der Waals surface area contributed by atoms with Gasteiger partial charge in [-0.1, -0.05) is 42.5 Å². The van der Waals surface area contributed by atoms with Crippen molar-refractivity contribution in [2.24, 2.45) is 0 Å². The Morgan fingerprint density at radius 3 is 2.29 bits per heavy atom. The molecule has 0 amide bonds. The molecule has 0 spiro atoms. The number of fused-ring (bicyclic) bond motifs is 1. The maximum absolute atomic E-state index is 13.3. The van der Waals surface area contributed by atoms with Crippen molar-refractivity contribution < 1.29 is 17.9 Å². The number of piperazine rings is 1. The summed E-state index contributed by atoms with van der Waals surface area (Å²) in [6.07, 6.45) is 0. The van der Waals surface area contributed by atoms with Crippen LogP contribution in [-0.4, -0.2) is 63.3 Å². The Morgan fingerprint density at radius 1 is 0.800 bits per heavy atom. The van der Waals surface area contributed by atoms with Crippen LogP contribution >= 0.6 is 0 Å². The highest BCUT2D eigenvalue weighted by atomic mass is 32.2. The van der Waals surface area contributed by atoms with Gasteiger partial charge in [-0.15, -0.1) is 10.2 Å². The molecule has 0 atom stereocenters. The molecule has 1 saturated heterocycles. The molecule has 180 valence electrons. The number of hydrogen-bond donors (Lipinski definition) is 0. The summed E-state index contributed by atoms with van der Waals surface area (Å²) in [4.78, 5) is 2.19. The van der Waals surface area contributed by atoms with E-state index in [9.17, 15) is 8.42 Å². The SMILES string of the molecule is COc1ccc(S(=O)(=O)N2CCN(c3ccc(-c4cccc5ccccc45)nn3)CC2)c(OC)c1. The van der Waals surface area contributed by atoms with Gasteiger partial charge in [-0.25, -0.2) is 8.42 Å². The molecular weight excluding hydrogens is 464 g/mol. The highest BCUT2D eigenvalue weighted by Gasteiger charge is 2.31. The third-order valence-corrected chi connectivity index (χ3v) is 8.21. The lowest BCUT2D eigenvalue weighted by atomic mass is 10.0. The molecule has 1 aliphatic rings. The highest BCUT2D eigenvalue weighted by Crippen LogP contribution is 2.32. The third-order valence-electron chi connectivity index (χ3n) is 6.27. The number of methoxy groups -OCH3 is 2. The standard InChI is InChI=1S/C26H26N4O4S/c1-33-20-10-12-25(24(18-20)34-2)35(31,32)30-16-14-29(15-17-30)26-13-11-23(27-28-26)22-9-5-7-19-6-3-4-8-21(19)22/h3-13,18H,14-17H2,1-2H3. The van der Waals surface area contributed by atoms with Crippen LogP contribution in [0.4, 0.5) is 5.82 Å². The van der Waals surface area contributed by atoms with Gasteiger partial charge in [-0.3, -0.25) is 0 Å². The second-order valence-corrected chi connectivity index (χ2v) is 10.1. The summed E-state index contributed by atoms with van der Waals surface area (Å²) in [6.45, 7) is 1.70. The smallest absolute Gasteiger partial charge is 0.246 e. The van der Waals surface area contributed by atoms with Crippen LogP contribution in [0.5, 0.6) is 11.5 Å². The molecule has 1 fully saturated rings. The van der Waals surface area contributed by atoms with Gasteiger partial charge in [0.2, 0.25) is 10.0 Å². The van der Waals surface area contributed by atoms with E-state index in [4.69, 9.17) is 9.47 Å². The minimum absolute atomic E-state index is 0.133. The summed E-state index contributed by atoms with van der Waals surface area (Å²) in [5.74, 6) is 1.53. The van der Waals surface area contributed by atoms with Crippen molar-refractivity contribution in [3.63, 3.8) is 0 Å². The van der Waals surface area contributed by atoms with Crippen molar-refractivity contribution in [2.45, 2.75) is 4.90 Å². The number of ether oxygens (including phenoxy) is 2. The van der Waals surface area contributed by atoms with Crippen LogP contribution in [0.15, 0.2) is 77.7 Å². The number of nitrogens with zero attached hydrogens (tertiary/aromatic N) is 4. The topological polar surface area (TPSA) is 84.9 Å². The molecule has 1 aromatic heterocycles. The fourth-order valence-corrected chi connectivity index (χ4v) is 5.93. The molecule has 2 heterocycles. The van der Waals surface area contributed by atoms with Crippen molar-refractivity contribution in [1.29, 1.82) is 0 Å². The predicted molar refractivity (Wildman–Crippen MR) is 135 cm³/mol. The summed E-state index contributed by atoms with van der Waals surface area (Å²) < 4.78 is 38.5. The zero-order chi connectivity index (χ0) is 24.4. The van der Waals surface area contributed by atoms with Gasteiger partial charge in [-0.2, -0.15) is 4.31 Å². The van der Waals surface area contributed by atoms with E-state index in [1.165, 1.54) is 24.6 Å². The minimum atomic E-state index is -3.71. The van der Waals surface area contributed by atoms with E-state index in [0.29, 0.717) is 31.9 Å². The molecule has 0 N–H and O–H groups in total. The van der Waals surface area contributed by atoms with Gasteiger partial charge in [0.15, 0.2) is 5.82 Å². The number of benzene rings is 3. The molecule has 4 aromatic rings. The zero-order valence-electron chi connectivity index (χ0n) is 19.6. The van der Waals surface area contributed by atoms with Crippen LogP contribution in [0.3, 0.4) is 0 Å². The summed E-state index contributed by atoms with van der Waals surface area (Å²) in [5.41, 5.74) is 1.84. The van der Waals surface area contributed by atoms with E-state index in [1.807, 2.05) is 36.4 Å². The van der Waals surface area contributed by atoms with Gasteiger partial charge >= 0.3 is 0 Å².